The van der Waals surface area contributed by atoms with Crippen LogP contribution in [0.5, 0.6) is 5.75 Å². The van der Waals surface area contributed by atoms with E-state index in [-0.39, 0.29) is 64.7 Å². The predicted molar refractivity (Wildman–Crippen MR) is 197 cm³/mol. The number of benzene rings is 1. The molecule has 1 unspecified atom stereocenters. The number of hydrogen-bond acceptors (Lipinski definition) is 10. The molecule has 3 aliphatic rings. The molecule has 4 aromatic heterocycles. The summed E-state index contributed by atoms with van der Waals surface area (Å²) in [4.78, 5) is 60.9. The Morgan fingerprint density at radius 1 is 1.12 bits per heavy atom. The van der Waals surface area contributed by atoms with Gasteiger partial charge in [-0.3, -0.25) is 19.4 Å². The number of pyridine rings is 1. The van der Waals surface area contributed by atoms with Crippen LogP contribution in [0.25, 0.3) is 22.6 Å². The Hall–Kier alpha value is -5.68. The maximum absolute atomic E-state index is 14.6. The van der Waals surface area contributed by atoms with E-state index in [0.717, 1.165) is 23.8 Å². The van der Waals surface area contributed by atoms with E-state index in [1.165, 1.54) is 10.8 Å². The molecule has 1 atom stereocenters. The molecule has 1 fully saturated rings. The van der Waals surface area contributed by atoms with Gasteiger partial charge in [0.05, 0.1) is 29.5 Å². The fourth-order valence-corrected chi connectivity index (χ4v) is 8.43. The summed E-state index contributed by atoms with van der Waals surface area (Å²) in [6.07, 6.45) is 1.91. The lowest BCUT2D eigenvalue weighted by Crippen LogP contribution is -2.46. The number of fused-ring (bicyclic) bond motifs is 3. The zero-order valence-corrected chi connectivity index (χ0v) is 31.0. The number of ether oxygens (including phenoxy) is 1. The summed E-state index contributed by atoms with van der Waals surface area (Å²) in [7, 11) is 0. The third-order valence-electron chi connectivity index (χ3n) is 10.8. The third-order valence-corrected chi connectivity index (χ3v) is 11.1. The van der Waals surface area contributed by atoms with Crippen molar-refractivity contribution in [3.8, 4) is 17.0 Å². The van der Waals surface area contributed by atoms with E-state index in [4.69, 9.17) is 21.3 Å². The van der Waals surface area contributed by atoms with Crippen molar-refractivity contribution in [2.75, 3.05) is 31.6 Å². The molecule has 6 heterocycles. The first kappa shape index (κ1) is 37.3. The Morgan fingerprint density at radius 2 is 1.91 bits per heavy atom. The van der Waals surface area contributed by atoms with Gasteiger partial charge >= 0.3 is 6.18 Å². The third kappa shape index (κ3) is 6.57. The number of carbonyl (C=O) groups is 2. The molecular weight excluding hydrogens is 755 g/mol. The van der Waals surface area contributed by atoms with Crippen molar-refractivity contribution in [3.05, 3.63) is 98.3 Å². The van der Waals surface area contributed by atoms with E-state index in [0.29, 0.717) is 67.2 Å². The van der Waals surface area contributed by atoms with Gasteiger partial charge in [0, 0.05) is 47.2 Å². The number of nitrogens with one attached hydrogen (secondary N) is 1. The monoisotopic (exact) mass is 789 g/mol. The van der Waals surface area contributed by atoms with Crippen molar-refractivity contribution in [2.24, 2.45) is 0 Å². The lowest BCUT2D eigenvalue weighted by Gasteiger charge is -2.39. The lowest BCUT2D eigenvalue weighted by atomic mass is 9.73. The van der Waals surface area contributed by atoms with E-state index < -0.39 is 29.0 Å². The van der Waals surface area contributed by atoms with Crippen LogP contribution >= 0.6 is 11.6 Å². The maximum Gasteiger partial charge on any atom is 0.416 e. The van der Waals surface area contributed by atoms with Gasteiger partial charge in [-0.25, -0.2) is 9.97 Å². The molecule has 5 aromatic rings. The Morgan fingerprint density at radius 3 is 2.61 bits per heavy atom. The van der Waals surface area contributed by atoms with Crippen LogP contribution in [0.15, 0.2) is 53.7 Å². The van der Waals surface area contributed by atoms with Crippen LogP contribution < -0.4 is 10.9 Å². The van der Waals surface area contributed by atoms with Gasteiger partial charge in [-0.05, 0) is 74.4 Å². The molecular formula is C38H35ClF3N9O5. The fraction of sp³-hybridized carbons (Fsp3) is 0.368. The second-order valence-electron chi connectivity index (χ2n) is 14.4. The number of nitrogens with zero attached hydrogens (tertiary/aromatic N) is 8. The van der Waals surface area contributed by atoms with Crippen molar-refractivity contribution in [2.45, 2.75) is 63.6 Å². The standard InChI is InChI=1S/C38H35ClF3N9O5/c1-20-17-37(8-11-49(12-9-37)35(55)30-32(53)29(44-19-45-30)23-5-10-43-21(2)15-23)28-31(20)50(18-27(52)46-26-4-3-24(16-25(26)39)38(40,41)42)36-47-33(48-51(36)34(28)54)22-6-13-56-14-7-22/h3-6,10,15-16,19-20,53H,7-9,11-14,17-18H2,1-2H3,(H,46,52). The number of alkyl halides is 3. The van der Waals surface area contributed by atoms with E-state index in [1.54, 1.807) is 34.7 Å². The van der Waals surface area contributed by atoms with Gasteiger partial charge in [0.1, 0.15) is 18.6 Å². The van der Waals surface area contributed by atoms with Gasteiger partial charge < -0.3 is 24.6 Å². The molecule has 18 heteroatoms. The molecule has 290 valence electrons. The molecule has 56 heavy (non-hydrogen) atoms. The van der Waals surface area contributed by atoms with Crippen LogP contribution in [0.1, 0.15) is 77.4 Å². The summed E-state index contributed by atoms with van der Waals surface area (Å²) >= 11 is 6.17. The van der Waals surface area contributed by atoms with Crippen LogP contribution in [0, 0.1) is 6.92 Å². The molecule has 14 nitrogen and oxygen atoms in total. The zero-order valence-electron chi connectivity index (χ0n) is 30.2. The number of anilines is 1. The fourth-order valence-electron chi connectivity index (χ4n) is 8.20. The van der Waals surface area contributed by atoms with Crippen molar-refractivity contribution < 1.29 is 32.6 Å². The topological polar surface area (TPSA) is 170 Å². The number of aromatic nitrogens is 7. The van der Waals surface area contributed by atoms with E-state index in [9.17, 15) is 32.7 Å². The number of aryl methyl sites for hydroxylation is 1. The number of piperidine rings is 1. The molecule has 2 amide bonds. The molecule has 0 bridgehead atoms. The Balaban J connectivity index is 1.13. The van der Waals surface area contributed by atoms with E-state index in [2.05, 4.69) is 25.4 Å². The highest BCUT2D eigenvalue weighted by Crippen LogP contribution is 2.50. The Bertz CT molecular complexity index is 2510. The Labute approximate surface area is 322 Å². The average molecular weight is 790 g/mol. The smallest absolute Gasteiger partial charge is 0.416 e. The predicted octanol–water partition coefficient (Wildman–Crippen LogP) is 5.55. The van der Waals surface area contributed by atoms with Crippen LogP contribution in [0.2, 0.25) is 5.02 Å². The molecule has 1 aromatic carbocycles. The number of halogens is 4. The molecule has 1 saturated heterocycles. The summed E-state index contributed by atoms with van der Waals surface area (Å²) in [6.45, 7) is 4.72. The number of rotatable bonds is 6. The van der Waals surface area contributed by atoms with Gasteiger partial charge in [-0.15, -0.1) is 5.10 Å². The van der Waals surface area contributed by atoms with Crippen LogP contribution in [0.4, 0.5) is 18.9 Å². The highest BCUT2D eigenvalue weighted by Gasteiger charge is 2.49. The zero-order chi connectivity index (χ0) is 39.5. The van der Waals surface area contributed by atoms with Gasteiger partial charge in [0.15, 0.2) is 17.3 Å². The summed E-state index contributed by atoms with van der Waals surface area (Å²) < 4.78 is 48.2. The van der Waals surface area contributed by atoms with Gasteiger partial charge in [-0.2, -0.15) is 22.7 Å². The molecule has 1 spiro atoms. The SMILES string of the molecule is Cc1cc(-c2ncnc(C(=O)N3CCC4(CC3)CC(C)c3c4c(=O)n4nc(C5=CCOCC5)nc4n3CC(=O)Nc3ccc(C(F)(F)F)cc3Cl)c2O)ccn1. The van der Waals surface area contributed by atoms with Crippen molar-refractivity contribution in [3.63, 3.8) is 0 Å². The van der Waals surface area contributed by atoms with E-state index in [1.807, 2.05) is 13.0 Å². The van der Waals surface area contributed by atoms with E-state index >= 15 is 0 Å². The van der Waals surface area contributed by atoms with Crippen LogP contribution in [0.3, 0.4) is 0 Å². The summed E-state index contributed by atoms with van der Waals surface area (Å²) in [5, 5.41) is 18.1. The minimum absolute atomic E-state index is 0.00723. The molecule has 1 aliphatic carbocycles. The van der Waals surface area contributed by atoms with Gasteiger partial charge in [0.25, 0.3) is 11.5 Å². The lowest BCUT2D eigenvalue weighted by molar-refractivity contribution is -0.137. The molecule has 2 N–H and O–H groups in total. The summed E-state index contributed by atoms with van der Waals surface area (Å²) in [5.74, 6) is -1.19. The summed E-state index contributed by atoms with van der Waals surface area (Å²) in [6, 6.07) is 6.10. The highest BCUT2D eigenvalue weighted by atomic mass is 35.5. The first-order valence-electron chi connectivity index (χ1n) is 18.0. The highest BCUT2D eigenvalue weighted by molar-refractivity contribution is 6.33. The second-order valence-corrected chi connectivity index (χ2v) is 14.8. The number of carbonyl (C=O) groups excluding carboxylic acids is 2. The van der Waals surface area contributed by atoms with Gasteiger partial charge in [-0.1, -0.05) is 24.6 Å². The minimum atomic E-state index is -4.62. The normalized spacial score (nSPS) is 17.9. The molecule has 2 aliphatic heterocycles. The van der Waals surface area contributed by atoms with Crippen LogP contribution in [-0.4, -0.2) is 82.2 Å². The molecule has 0 saturated carbocycles. The quantitative estimate of drug-likeness (QED) is 0.222. The number of likely N-dealkylation sites (tertiary alicyclic amines) is 1. The average Bonchev–Trinajstić information content (AvgIpc) is 3.74. The van der Waals surface area contributed by atoms with Crippen molar-refractivity contribution in [1.29, 1.82) is 0 Å². The number of amides is 2. The van der Waals surface area contributed by atoms with Gasteiger partial charge in [0.2, 0.25) is 11.7 Å². The Kier molecular flexibility index (Phi) is 9.39. The second kappa shape index (κ2) is 14.1. The van der Waals surface area contributed by atoms with Crippen molar-refractivity contribution >= 4 is 40.5 Å². The van der Waals surface area contributed by atoms with Crippen molar-refractivity contribution in [1.82, 2.24) is 39.0 Å². The number of aromatic hydroxyl groups is 1. The largest absolute Gasteiger partial charge is 0.504 e. The molecule has 0 radical (unpaired) electrons. The molecule has 8 rings (SSSR count). The minimum Gasteiger partial charge on any atom is -0.504 e. The maximum atomic E-state index is 14.6. The summed E-state index contributed by atoms with van der Waals surface area (Å²) in [5.41, 5.74) is 1.20. The number of hydrogen-bond donors (Lipinski definition) is 2. The first-order valence-corrected chi connectivity index (χ1v) is 18.4. The van der Waals surface area contributed by atoms with Crippen LogP contribution in [-0.2, 0) is 27.7 Å². The first-order chi connectivity index (χ1) is 26.7.